The summed E-state index contributed by atoms with van der Waals surface area (Å²) in [4.78, 5) is 21.0. The average molecular weight is 202 g/mol. The van der Waals surface area contributed by atoms with E-state index in [9.17, 15) is 4.79 Å². The SMILES string of the molecule is O=c1nccc(NCc2cccnc2)[nH]1. The molecule has 0 amide bonds. The number of aromatic amines is 1. The van der Waals surface area contributed by atoms with Gasteiger partial charge in [0.05, 0.1) is 0 Å². The van der Waals surface area contributed by atoms with Gasteiger partial charge in [-0.1, -0.05) is 6.07 Å². The number of aromatic nitrogens is 3. The van der Waals surface area contributed by atoms with E-state index in [2.05, 4.69) is 20.3 Å². The third-order valence-corrected chi connectivity index (χ3v) is 1.88. The monoisotopic (exact) mass is 202 g/mol. The van der Waals surface area contributed by atoms with Gasteiger partial charge in [0.2, 0.25) is 0 Å². The molecule has 0 aliphatic rings. The first-order valence-corrected chi connectivity index (χ1v) is 4.53. The Morgan fingerprint density at radius 1 is 1.33 bits per heavy atom. The van der Waals surface area contributed by atoms with Gasteiger partial charge in [0.1, 0.15) is 5.82 Å². The molecular weight excluding hydrogens is 192 g/mol. The van der Waals surface area contributed by atoms with Crippen LogP contribution in [0.3, 0.4) is 0 Å². The first kappa shape index (κ1) is 9.39. The first-order valence-electron chi connectivity index (χ1n) is 4.53. The lowest BCUT2D eigenvalue weighted by atomic mass is 10.3. The average Bonchev–Trinajstić information content (AvgIpc) is 2.28. The maximum Gasteiger partial charge on any atom is 0.346 e. The van der Waals surface area contributed by atoms with Crippen LogP contribution in [-0.2, 0) is 6.54 Å². The molecule has 0 saturated heterocycles. The Morgan fingerprint density at radius 3 is 3.00 bits per heavy atom. The van der Waals surface area contributed by atoms with Crippen LogP contribution in [0.4, 0.5) is 5.82 Å². The predicted octanol–water partition coefficient (Wildman–Crippen LogP) is 0.777. The predicted molar refractivity (Wildman–Crippen MR) is 56.4 cm³/mol. The number of nitrogens with zero attached hydrogens (tertiary/aromatic N) is 2. The van der Waals surface area contributed by atoms with Crippen molar-refractivity contribution >= 4 is 5.82 Å². The van der Waals surface area contributed by atoms with E-state index in [4.69, 9.17) is 0 Å². The molecule has 0 atom stereocenters. The quantitative estimate of drug-likeness (QED) is 0.771. The van der Waals surface area contributed by atoms with E-state index in [-0.39, 0.29) is 5.69 Å². The van der Waals surface area contributed by atoms with Gasteiger partial charge in [0.15, 0.2) is 0 Å². The fraction of sp³-hybridized carbons (Fsp3) is 0.100. The van der Waals surface area contributed by atoms with Gasteiger partial charge in [-0.15, -0.1) is 0 Å². The molecular formula is C10H10N4O. The van der Waals surface area contributed by atoms with Crippen LogP contribution in [0.5, 0.6) is 0 Å². The summed E-state index contributed by atoms with van der Waals surface area (Å²) >= 11 is 0. The highest BCUT2D eigenvalue weighted by Crippen LogP contribution is 2.01. The van der Waals surface area contributed by atoms with Crippen LogP contribution in [0.15, 0.2) is 41.6 Å². The fourth-order valence-electron chi connectivity index (χ4n) is 1.17. The Labute approximate surface area is 86.2 Å². The Bertz CT molecular complexity index is 480. The summed E-state index contributed by atoms with van der Waals surface area (Å²) in [5.41, 5.74) is 0.696. The summed E-state index contributed by atoms with van der Waals surface area (Å²) in [6.07, 6.45) is 4.95. The summed E-state index contributed by atoms with van der Waals surface area (Å²) in [7, 11) is 0. The van der Waals surface area contributed by atoms with Gasteiger partial charge >= 0.3 is 5.69 Å². The van der Waals surface area contributed by atoms with Crippen LogP contribution in [-0.4, -0.2) is 15.0 Å². The third kappa shape index (κ3) is 2.63. The molecule has 0 unspecified atom stereocenters. The highest BCUT2D eigenvalue weighted by atomic mass is 16.1. The summed E-state index contributed by atoms with van der Waals surface area (Å²) < 4.78 is 0. The molecule has 2 aromatic heterocycles. The Balaban J connectivity index is 2.02. The number of anilines is 1. The lowest BCUT2D eigenvalue weighted by Gasteiger charge is -2.04. The summed E-state index contributed by atoms with van der Waals surface area (Å²) in [6, 6.07) is 5.53. The zero-order chi connectivity index (χ0) is 10.5. The number of hydrogen-bond donors (Lipinski definition) is 2. The number of pyridine rings is 1. The minimum atomic E-state index is -0.355. The molecule has 5 heteroatoms. The van der Waals surface area contributed by atoms with Gasteiger partial charge in [-0.2, -0.15) is 0 Å². The number of nitrogens with one attached hydrogen (secondary N) is 2. The standard InChI is InChI=1S/C10H10N4O/c15-10-12-5-3-9(14-10)13-7-8-2-1-4-11-6-8/h1-6H,7H2,(H2,12,13,14,15). The van der Waals surface area contributed by atoms with Gasteiger partial charge in [0, 0.05) is 25.1 Å². The van der Waals surface area contributed by atoms with E-state index < -0.39 is 0 Å². The molecule has 0 radical (unpaired) electrons. The highest BCUT2D eigenvalue weighted by Gasteiger charge is 1.94. The summed E-state index contributed by atoms with van der Waals surface area (Å²) in [5, 5.41) is 3.07. The highest BCUT2D eigenvalue weighted by molar-refractivity contribution is 5.32. The fourth-order valence-corrected chi connectivity index (χ4v) is 1.17. The van der Waals surface area contributed by atoms with Gasteiger partial charge in [-0.3, -0.25) is 9.97 Å². The number of hydrogen-bond acceptors (Lipinski definition) is 4. The molecule has 2 N–H and O–H groups in total. The molecule has 0 spiro atoms. The minimum absolute atomic E-state index is 0.355. The van der Waals surface area contributed by atoms with Gasteiger partial charge in [-0.05, 0) is 17.7 Å². The van der Waals surface area contributed by atoms with Gasteiger partial charge in [0.25, 0.3) is 0 Å². The van der Waals surface area contributed by atoms with Crippen LogP contribution in [0.1, 0.15) is 5.56 Å². The zero-order valence-corrected chi connectivity index (χ0v) is 7.97. The molecule has 5 nitrogen and oxygen atoms in total. The molecule has 15 heavy (non-hydrogen) atoms. The lowest BCUT2D eigenvalue weighted by Crippen LogP contribution is -2.12. The third-order valence-electron chi connectivity index (χ3n) is 1.88. The van der Waals surface area contributed by atoms with Crippen molar-refractivity contribution in [1.82, 2.24) is 15.0 Å². The molecule has 0 aromatic carbocycles. The second kappa shape index (κ2) is 4.36. The van der Waals surface area contributed by atoms with Crippen molar-refractivity contribution in [3.63, 3.8) is 0 Å². The number of rotatable bonds is 3. The molecule has 2 rings (SSSR count). The summed E-state index contributed by atoms with van der Waals surface area (Å²) in [5.74, 6) is 0.652. The lowest BCUT2D eigenvalue weighted by molar-refractivity contribution is 1.03. The van der Waals surface area contributed by atoms with Crippen LogP contribution < -0.4 is 11.0 Å². The van der Waals surface area contributed by atoms with E-state index in [1.165, 1.54) is 6.20 Å². The van der Waals surface area contributed by atoms with Gasteiger partial charge < -0.3 is 5.32 Å². The Kier molecular flexibility index (Phi) is 2.73. The van der Waals surface area contributed by atoms with Crippen LogP contribution in [0, 0.1) is 0 Å². The first-order chi connectivity index (χ1) is 7.34. The minimum Gasteiger partial charge on any atom is -0.367 e. The molecule has 0 aliphatic carbocycles. The maximum atomic E-state index is 10.9. The Hall–Kier alpha value is -2.17. The van der Waals surface area contributed by atoms with Gasteiger partial charge in [-0.25, -0.2) is 9.78 Å². The molecule has 0 fully saturated rings. The Morgan fingerprint density at radius 2 is 2.27 bits per heavy atom. The zero-order valence-electron chi connectivity index (χ0n) is 7.97. The molecule has 0 bridgehead atoms. The largest absolute Gasteiger partial charge is 0.367 e. The van der Waals surface area contributed by atoms with Crippen molar-refractivity contribution in [3.05, 3.63) is 52.8 Å². The van der Waals surface area contributed by atoms with Crippen molar-refractivity contribution < 1.29 is 0 Å². The molecule has 76 valence electrons. The molecule has 2 aromatic rings. The second-order valence-electron chi connectivity index (χ2n) is 3.00. The van der Waals surface area contributed by atoms with E-state index in [1.54, 1.807) is 18.5 Å². The van der Waals surface area contributed by atoms with Crippen LogP contribution >= 0.6 is 0 Å². The van der Waals surface area contributed by atoms with Crippen molar-refractivity contribution in [2.24, 2.45) is 0 Å². The number of H-pyrrole nitrogens is 1. The van der Waals surface area contributed by atoms with Crippen molar-refractivity contribution in [2.75, 3.05) is 5.32 Å². The maximum absolute atomic E-state index is 10.9. The van der Waals surface area contributed by atoms with Crippen LogP contribution in [0.25, 0.3) is 0 Å². The van der Waals surface area contributed by atoms with Crippen molar-refractivity contribution in [1.29, 1.82) is 0 Å². The molecule has 0 saturated carbocycles. The molecule has 0 aliphatic heterocycles. The van der Waals surface area contributed by atoms with Crippen LogP contribution in [0.2, 0.25) is 0 Å². The van der Waals surface area contributed by atoms with Crippen molar-refractivity contribution in [3.8, 4) is 0 Å². The van der Waals surface area contributed by atoms with E-state index in [1.807, 2.05) is 12.1 Å². The van der Waals surface area contributed by atoms with E-state index in [0.29, 0.717) is 12.4 Å². The van der Waals surface area contributed by atoms with E-state index in [0.717, 1.165) is 5.56 Å². The van der Waals surface area contributed by atoms with E-state index >= 15 is 0 Å². The second-order valence-corrected chi connectivity index (χ2v) is 3.00. The van der Waals surface area contributed by atoms with Crippen molar-refractivity contribution in [2.45, 2.75) is 6.54 Å². The topological polar surface area (TPSA) is 70.7 Å². The summed E-state index contributed by atoms with van der Waals surface area (Å²) in [6.45, 7) is 0.619. The normalized spacial score (nSPS) is 9.87. The smallest absolute Gasteiger partial charge is 0.346 e. The molecule has 2 heterocycles.